The molecular formula is C17H22N4O2. The van der Waals surface area contributed by atoms with Crippen molar-refractivity contribution in [1.82, 2.24) is 19.7 Å². The number of nitrogens with zero attached hydrogens (tertiary/aromatic N) is 4. The lowest BCUT2D eigenvalue weighted by Gasteiger charge is -2.23. The second-order valence-electron chi connectivity index (χ2n) is 5.96. The topological polar surface area (TPSA) is 60.3 Å². The van der Waals surface area contributed by atoms with Gasteiger partial charge in [0, 0.05) is 57.3 Å². The van der Waals surface area contributed by atoms with Gasteiger partial charge in [-0.1, -0.05) is 6.07 Å². The van der Waals surface area contributed by atoms with Crippen LogP contribution in [0.25, 0.3) is 0 Å². The zero-order valence-electron chi connectivity index (χ0n) is 13.6. The summed E-state index contributed by atoms with van der Waals surface area (Å²) >= 11 is 0. The van der Waals surface area contributed by atoms with Crippen LogP contribution in [-0.4, -0.2) is 45.8 Å². The van der Waals surface area contributed by atoms with Gasteiger partial charge in [0.1, 0.15) is 0 Å². The molecule has 0 saturated carbocycles. The predicted molar refractivity (Wildman–Crippen MR) is 85.6 cm³/mol. The van der Waals surface area contributed by atoms with E-state index in [0.717, 1.165) is 24.1 Å². The Morgan fingerprint density at radius 2 is 2.35 bits per heavy atom. The van der Waals surface area contributed by atoms with Gasteiger partial charge >= 0.3 is 0 Å². The first kappa shape index (κ1) is 15.7. The van der Waals surface area contributed by atoms with Crippen molar-refractivity contribution in [2.75, 3.05) is 20.2 Å². The van der Waals surface area contributed by atoms with Gasteiger partial charge in [-0.2, -0.15) is 5.10 Å². The first-order chi connectivity index (χ1) is 11.1. The molecule has 3 heterocycles. The molecule has 2 aromatic rings. The molecule has 3 rings (SSSR count). The number of hydrogen-bond acceptors (Lipinski definition) is 4. The molecule has 23 heavy (non-hydrogen) atoms. The largest absolute Gasteiger partial charge is 0.373 e. The molecule has 0 N–H and O–H groups in total. The first-order valence-electron chi connectivity index (χ1n) is 7.90. The number of likely N-dealkylation sites (N-methyl/N-ethyl adjacent to an activating group) is 1. The fraction of sp³-hybridized carbons (Fsp3) is 0.471. The molecule has 1 amide bonds. The van der Waals surface area contributed by atoms with E-state index in [1.807, 2.05) is 38.5 Å². The highest BCUT2D eigenvalue weighted by molar-refractivity contribution is 5.79. The smallest absolute Gasteiger partial charge is 0.228 e. The third kappa shape index (κ3) is 3.59. The summed E-state index contributed by atoms with van der Waals surface area (Å²) in [7, 11) is 3.72. The van der Waals surface area contributed by atoms with Crippen LogP contribution in [0.4, 0.5) is 0 Å². The molecule has 0 aromatic carbocycles. The fourth-order valence-corrected chi connectivity index (χ4v) is 2.98. The Morgan fingerprint density at radius 1 is 1.48 bits per heavy atom. The van der Waals surface area contributed by atoms with Gasteiger partial charge in [0.2, 0.25) is 5.91 Å². The highest BCUT2D eigenvalue weighted by Crippen LogP contribution is 2.35. The van der Waals surface area contributed by atoms with E-state index in [-0.39, 0.29) is 17.9 Å². The molecule has 0 radical (unpaired) electrons. The predicted octanol–water partition coefficient (Wildman–Crippen LogP) is 1.59. The van der Waals surface area contributed by atoms with E-state index in [2.05, 4.69) is 10.1 Å². The summed E-state index contributed by atoms with van der Waals surface area (Å²) in [5.41, 5.74) is 1.97. The monoisotopic (exact) mass is 314 g/mol. The number of carbonyl (C=O) groups excluding carboxylic acids is 1. The molecule has 6 heteroatoms. The van der Waals surface area contributed by atoms with E-state index in [1.54, 1.807) is 22.0 Å². The lowest BCUT2D eigenvalue weighted by molar-refractivity contribution is -0.136. The van der Waals surface area contributed by atoms with Crippen LogP contribution in [0.5, 0.6) is 0 Å². The lowest BCUT2D eigenvalue weighted by Crippen LogP contribution is -2.35. The van der Waals surface area contributed by atoms with Crippen LogP contribution in [0.1, 0.15) is 23.8 Å². The molecule has 0 unspecified atom stereocenters. The number of rotatable bonds is 5. The van der Waals surface area contributed by atoms with Crippen molar-refractivity contribution in [2.24, 2.45) is 13.0 Å². The SMILES string of the molecule is CN(CCc1ccccn1)C(=O)[C@H]1CCO[C@@H]1c1cnn(C)c1. The molecule has 2 aromatic heterocycles. The Hall–Kier alpha value is -2.21. The maximum Gasteiger partial charge on any atom is 0.228 e. The van der Waals surface area contributed by atoms with Gasteiger partial charge in [-0.25, -0.2) is 0 Å². The number of pyridine rings is 1. The Balaban J connectivity index is 1.62. The quantitative estimate of drug-likeness (QED) is 0.841. The summed E-state index contributed by atoms with van der Waals surface area (Å²) in [4.78, 5) is 18.8. The highest BCUT2D eigenvalue weighted by Gasteiger charge is 2.37. The highest BCUT2D eigenvalue weighted by atomic mass is 16.5. The summed E-state index contributed by atoms with van der Waals surface area (Å²) in [6.45, 7) is 1.27. The minimum absolute atomic E-state index is 0.132. The number of aryl methyl sites for hydroxylation is 1. The molecule has 1 aliphatic rings. The van der Waals surface area contributed by atoms with E-state index in [1.165, 1.54) is 0 Å². The maximum absolute atomic E-state index is 12.8. The molecule has 0 aliphatic carbocycles. The molecular weight excluding hydrogens is 292 g/mol. The van der Waals surface area contributed by atoms with Gasteiger partial charge in [0.25, 0.3) is 0 Å². The molecule has 1 aliphatic heterocycles. The van der Waals surface area contributed by atoms with Crippen LogP contribution in [0, 0.1) is 5.92 Å². The molecule has 1 saturated heterocycles. The normalized spacial score (nSPS) is 20.6. The van der Waals surface area contributed by atoms with Crippen LogP contribution < -0.4 is 0 Å². The van der Waals surface area contributed by atoms with Crippen molar-refractivity contribution < 1.29 is 9.53 Å². The average Bonchev–Trinajstić information content (AvgIpc) is 3.21. The first-order valence-corrected chi connectivity index (χ1v) is 7.90. The summed E-state index contributed by atoms with van der Waals surface area (Å²) in [6.07, 6.45) is 6.81. The number of aromatic nitrogens is 3. The fourth-order valence-electron chi connectivity index (χ4n) is 2.98. The van der Waals surface area contributed by atoms with Crippen molar-refractivity contribution in [3.63, 3.8) is 0 Å². The van der Waals surface area contributed by atoms with Crippen LogP contribution in [-0.2, 0) is 23.0 Å². The van der Waals surface area contributed by atoms with Gasteiger partial charge in [-0.05, 0) is 18.6 Å². The third-order valence-electron chi connectivity index (χ3n) is 4.27. The van der Waals surface area contributed by atoms with Gasteiger partial charge in [-0.3, -0.25) is 14.5 Å². The third-order valence-corrected chi connectivity index (χ3v) is 4.27. The van der Waals surface area contributed by atoms with E-state index < -0.39 is 0 Å². The van der Waals surface area contributed by atoms with Crippen molar-refractivity contribution in [1.29, 1.82) is 0 Å². The van der Waals surface area contributed by atoms with Gasteiger partial charge in [0.15, 0.2) is 0 Å². The van der Waals surface area contributed by atoms with Crippen molar-refractivity contribution in [3.8, 4) is 0 Å². The van der Waals surface area contributed by atoms with E-state index >= 15 is 0 Å². The number of amides is 1. The van der Waals surface area contributed by atoms with Gasteiger partial charge < -0.3 is 9.64 Å². The molecule has 0 spiro atoms. The average molecular weight is 314 g/mol. The lowest BCUT2D eigenvalue weighted by atomic mass is 9.96. The molecule has 1 fully saturated rings. The van der Waals surface area contributed by atoms with Gasteiger partial charge in [-0.15, -0.1) is 0 Å². The molecule has 6 nitrogen and oxygen atoms in total. The summed E-state index contributed by atoms with van der Waals surface area (Å²) in [6, 6.07) is 5.84. The van der Waals surface area contributed by atoms with Crippen LogP contribution >= 0.6 is 0 Å². The van der Waals surface area contributed by atoms with Crippen molar-refractivity contribution in [2.45, 2.75) is 18.9 Å². The summed E-state index contributed by atoms with van der Waals surface area (Å²) in [5.74, 6) is 0.000201. The number of ether oxygens (including phenoxy) is 1. The standard InChI is InChI=1S/C17H22N4O2/c1-20(9-6-14-5-3-4-8-18-14)17(22)15-7-10-23-16(15)13-11-19-21(2)12-13/h3-5,8,11-12,15-16H,6-7,9-10H2,1-2H3/t15-,16+/m0/s1. The Morgan fingerprint density at radius 3 is 3.04 bits per heavy atom. The zero-order valence-corrected chi connectivity index (χ0v) is 13.6. The van der Waals surface area contributed by atoms with Crippen LogP contribution in [0.3, 0.4) is 0 Å². The molecule has 122 valence electrons. The second-order valence-corrected chi connectivity index (χ2v) is 5.96. The maximum atomic E-state index is 12.8. The number of carbonyl (C=O) groups is 1. The Bertz CT molecular complexity index is 656. The molecule has 2 atom stereocenters. The van der Waals surface area contributed by atoms with Crippen LogP contribution in [0.2, 0.25) is 0 Å². The Labute approximate surface area is 136 Å². The molecule has 0 bridgehead atoms. The Kier molecular flexibility index (Phi) is 4.71. The zero-order chi connectivity index (χ0) is 16.2. The summed E-state index contributed by atoms with van der Waals surface area (Å²) < 4.78 is 7.53. The van der Waals surface area contributed by atoms with Crippen molar-refractivity contribution in [3.05, 3.63) is 48.0 Å². The van der Waals surface area contributed by atoms with E-state index in [4.69, 9.17) is 4.74 Å². The van der Waals surface area contributed by atoms with E-state index in [0.29, 0.717) is 13.2 Å². The van der Waals surface area contributed by atoms with Crippen molar-refractivity contribution >= 4 is 5.91 Å². The number of hydrogen-bond donors (Lipinski definition) is 0. The van der Waals surface area contributed by atoms with Gasteiger partial charge in [0.05, 0.1) is 18.2 Å². The summed E-state index contributed by atoms with van der Waals surface area (Å²) in [5, 5.41) is 4.18. The van der Waals surface area contributed by atoms with Crippen LogP contribution in [0.15, 0.2) is 36.8 Å². The minimum atomic E-state index is -0.187. The second kappa shape index (κ2) is 6.91. The van der Waals surface area contributed by atoms with E-state index in [9.17, 15) is 4.79 Å². The minimum Gasteiger partial charge on any atom is -0.373 e.